The Morgan fingerprint density at radius 2 is 1.65 bits per heavy atom. The van der Waals surface area contributed by atoms with E-state index in [-0.39, 0.29) is 5.91 Å². The third-order valence-electron chi connectivity index (χ3n) is 5.29. The third-order valence-corrected chi connectivity index (χ3v) is 5.29. The highest BCUT2D eigenvalue weighted by Gasteiger charge is 2.34. The molecule has 2 bridgehead atoms. The molecule has 2 fully saturated rings. The number of fused-ring (bicyclic) bond motifs is 2. The Balaban J connectivity index is 1.72. The molecule has 1 amide bonds. The maximum Gasteiger partial charge on any atom is 0.220 e. The van der Waals surface area contributed by atoms with Gasteiger partial charge in [0, 0.05) is 25.0 Å². The molecule has 2 N–H and O–H groups in total. The SMILES string of the molecule is CC(C)C(CNC(=O)CC1CC2CCC(C1)N2)C(C)C. The van der Waals surface area contributed by atoms with Crippen molar-refractivity contribution in [2.75, 3.05) is 6.54 Å². The molecule has 2 unspecified atom stereocenters. The number of hydrogen-bond acceptors (Lipinski definition) is 2. The predicted molar refractivity (Wildman–Crippen MR) is 83.5 cm³/mol. The van der Waals surface area contributed by atoms with Gasteiger partial charge < -0.3 is 10.6 Å². The summed E-state index contributed by atoms with van der Waals surface area (Å²) in [4.78, 5) is 12.2. The van der Waals surface area contributed by atoms with Crippen LogP contribution in [0, 0.1) is 23.7 Å². The maximum absolute atomic E-state index is 12.2. The number of hydrogen-bond donors (Lipinski definition) is 2. The summed E-state index contributed by atoms with van der Waals surface area (Å²) in [6.45, 7) is 9.84. The van der Waals surface area contributed by atoms with E-state index in [4.69, 9.17) is 0 Å². The second kappa shape index (κ2) is 6.93. The summed E-state index contributed by atoms with van der Waals surface area (Å²) in [6, 6.07) is 1.37. The highest BCUT2D eigenvalue weighted by atomic mass is 16.1. The van der Waals surface area contributed by atoms with Gasteiger partial charge in [0.05, 0.1) is 0 Å². The summed E-state index contributed by atoms with van der Waals surface area (Å²) >= 11 is 0. The van der Waals surface area contributed by atoms with Crippen molar-refractivity contribution in [2.24, 2.45) is 23.7 Å². The summed E-state index contributed by atoms with van der Waals surface area (Å²) in [5, 5.41) is 6.83. The van der Waals surface area contributed by atoms with Gasteiger partial charge in [-0.3, -0.25) is 4.79 Å². The summed E-state index contributed by atoms with van der Waals surface area (Å²) in [5.41, 5.74) is 0. The zero-order valence-corrected chi connectivity index (χ0v) is 13.6. The lowest BCUT2D eigenvalue weighted by Gasteiger charge is -2.29. The molecular weight excluding hydrogens is 248 g/mol. The van der Waals surface area contributed by atoms with E-state index in [9.17, 15) is 4.79 Å². The zero-order valence-electron chi connectivity index (χ0n) is 13.6. The van der Waals surface area contributed by atoms with Crippen molar-refractivity contribution < 1.29 is 4.79 Å². The van der Waals surface area contributed by atoms with Crippen LogP contribution in [0.5, 0.6) is 0 Å². The largest absolute Gasteiger partial charge is 0.356 e. The topological polar surface area (TPSA) is 41.1 Å². The zero-order chi connectivity index (χ0) is 14.7. The normalized spacial score (nSPS) is 29.4. The van der Waals surface area contributed by atoms with E-state index in [2.05, 4.69) is 38.3 Å². The summed E-state index contributed by atoms with van der Waals surface area (Å²) in [6.07, 6.45) is 5.75. The van der Waals surface area contributed by atoms with Crippen LogP contribution in [0.4, 0.5) is 0 Å². The molecule has 2 rings (SSSR count). The Bertz CT molecular complexity index is 307. The standard InChI is InChI=1S/C17H32N2O/c1-11(2)16(12(3)4)10-18-17(20)9-13-7-14-5-6-15(8-13)19-14/h11-16,19H,5-10H2,1-4H3,(H,18,20). The fourth-order valence-corrected chi connectivity index (χ4v) is 4.15. The summed E-state index contributed by atoms with van der Waals surface area (Å²) in [7, 11) is 0. The highest BCUT2D eigenvalue weighted by molar-refractivity contribution is 5.76. The van der Waals surface area contributed by atoms with Crippen LogP contribution < -0.4 is 10.6 Å². The first kappa shape index (κ1) is 15.8. The van der Waals surface area contributed by atoms with Crippen molar-refractivity contribution in [1.82, 2.24) is 10.6 Å². The lowest BCUT2D eigenvalue weighted by Crippen LogP contribution is -2.40. The van der Waals surface area contributed by atoms with Gasteiger partial charge in [-0.15, -0.1) is 0 Å². The monoisotopic (exact) mass is 280 g/mol. The predicted octanol–water partition coefficient (Wildman–Crippen LogP) is 2.95. The lowest BCUT2D eigenvalue weighted by atomic mass is 9.85. The van der Waals surface area contributed by atoms with Gasteiger partial charge in [0.1, 0.15) is 0 Å². The van der Waals surface area contributed by atoms with Crippen LogP contribution in [0.3, 0.4) is 0 Å². The Labute approximate surface area is 124 Å². The van der Waals surface area contributed by atoms with Crippen LogP contribution in [-0.4, -0.2) is 24.5 Å². The Morgan fingerprint density at radius 3 is 2.15 bits per heavy atom. The van der Waals surface area contributed by atoms with Gasteiger partial charge in [0.15, 0.2) is 0 Å². The van der Waals surface area contributed by atoms with Gasteiger partial charge in [-0.25, -0.2) is 0 Å². The van der Waals surface area contributed by atoms with E-state index in [0.717, 1.165) is 13.0 Å². The van der Waals surface area contributed by atoms with Gasteiger partial charge in [0.25, 0.3) is 0 Å². The Kier molecular flexibility index (Phi) is 5.48. The second-order valence-electron chi connectivity index (χ2n) is 7.64. The molecule has 0 radical (unpaired) electrons. The highest BCUT2D eigenvalue weighted by Crippen LogP contribution is 2.32. The maximum atomic E-state index is 12.2. The fourth-order valence-electron chi connectivity index (χ4n) is 4.15. The van der Waals surface area contributed by atoms with Gasteiger partial charge in [-0.2, -0.15) is 0 Å². The minimum atomic E-state index is 0.266. The molecule has 3 heteroatoms. The van der Waals surface area contributed by atoms with Crippen molar-refractivity contribution in [3.63, 3.8) is 0 Å². The molecular formula is C17H32N2O. The molecule has 2 atom stereocenters. The number of rotatable bonds is 6. The van der Waals surface area contributed by atoms with E-state index >= 15 is 0 Å². The number of piperidine rings is 1. The van der Waals surface area contributed by atoms with Gasteiger partial charge in [-0.05, 0) is 49.4 Å². The van der Waals surface area contributed by atoms with Crippen molar-refractivity contribution >= 4 is 5.91 Å². The molecule has 116 valence electrons. The quantitative estimate of drug-likeness (QED) is 0.785. The summed E-state index contributed by atoms with van der Waals surface area (Å²) < 4.78 is 0. The molecule has 2 heterocycles. The molecule has 0 spiro atoms. The number of carbonyl (C=O) groups is 1. The molecule has 0 aromatic heterocycles. The molecule has 2 aliphatic heterocycles. The molecule has 3 nitrogen and oxygen atoms in total. The van der Waals surface area contributed by atoms with Gasteiger partial charge in [-0.1, -0.05) is 27.7 Å². The van der Waals surface area contributed by atoms with Crippen molar-refractivity contribution in [1.29, 1.82) is 0 Å². The van der Waals surface area contributed by atoms with E-state index < -0.39 is 0 Å². The minimum absolute atomic E-state index is 0.266. The van der Waals surface area contributed by atoms with Crippen LogP contribution in [0.15, 0.2) is 0 Å². The average Bonchev–Trinajstić information content (AvgIpc) is 2.68. The number of nitrogens with one attached hydrogen (secondary N) is 2. The molecule has 0 saturated carbocycles. The molecule has 2 saturated heterocycles. The average molecular weight is 280 g/mol. The van der Waals surface area contributed by atoms with Crippen LogP contribution in [0.1, 0.15) is 59.8 Å². The van der Waals surface area contributed by atoms with Gasteiger partial charge in [0.2, 0.25) is 5.91 Å². The smallest absolute Gasteiger partial charge is 0.220 e. The molecule has 0 aromatic carbocycles. The van der Waals surface area contributed by atoms with Gasteiger partial charge >= 0.3 is 0 Å². The lowest BCUT2D eigenvalue weighted by molar-refractivity contribution is -0.122. The van der Waals surface area contributed by atoms with E-state index in [0.29, 0.717) is 35.8 Å². The first-order valence-corrected chi connectivity index (χ1v) is 8.48. The summed E-state index contributed by atoms with van der Waals surface area (Å²) in [5.74, 6) is 2.71. The van der Waals surface area contributed by atoms with Crippen molar-refractivity contribution in [3.05, 3.63) is 0 Å². The van der Waals surface area contributed by atoms with E-state index in [1.165, 1.54) is 25.7 Å². The van der Waals surface area contributed by atoms with Crippen LogP contribution in [-0.2, 0) is 4.79 Å². The number of amides is 1. The van der Waals surface area contributed by atoms with Crippen LogP contribution in [0.25, 0.3) is 0 Å². The Hall–Kier alpha value is -0.570. The fraction of sp³-hybridized carbons (Fsp3) is 0.941. The third kappa shape index (κ3) is 4.21. The number of carbonyl (C=O) groups excluding carboxylic acids is 1. The van der Waals surface area contributed by atoms with Crippen LogP contribution in [0.2, 0.25) is 0 Å². The molecule has 0 aliphatic carbocycles. The Morgan fingerprint density at radius 1 is 1.10 bits per heavy atom. The molecule has 20 heavy (non-hydrogen) atoms. The minimum Gasteiger partial charge on any atom is -0.356 e. The van der Waals surface area contributed by atoms with E-state index in [1.807, 2.05) is 0 Å². The van der Waals surface area contributed by atoms with Crippen LogP contribution >= 0.6 is 0 Å². The first-order valence-electron chi connectivity index (χ1n) is 8.48. The second-order valence-corrected chi connectivity index (χ2v) is 7.64. The molecule has 2 aliphatic rings. The van der Waals surface area contributed by atoms with Crippen molar-refractivity contribution in [3.8, 4) is 0 Å². The molecule has 0 aromatic rings. The van der Waals surface area contributed by atoms with E-state index in [1.54, 1.807) is 0 Å². The first-order chi connectivity index (χ1) is 9.45. The van der Waals surface area contributed by atoms with Crippen molar-refractivity contribution in [2.45, 2.75) is 71.9 Å².